The molecule has 0 aliphatic rings. The molecule has 0 aromatic carbocycles. The molecule has 0 spiro atoms. The van der Waals surface area contributed by atoms with Crippen molar-refractivity contribution in [3.63, 3.8) is 0 Å². The zero-order chi connectivity index (χ0) is 14.9. The highest BCUT2D eigenvalue weighted by molar-refractivity contribution is 7.20. The van der Waals surface area contributed by atoms with Crippen molar-refractivity contribution in [3.8, 4) is 0 Å². The van der Waals surface area contributed by atoms with Crippen molar-refractivity contribution in [2.45, 2.75) is 41.0 Å². The minimum atomic E-state index is -0.00310. The highest BCUT2D eigenvalue weighted by atomic mass is 32.1. The van der Waals surface area contributed by atoms with Crippen LogP contribution in [0.15, 0.2) is 0 Å². The zero-order valence-electron chi connectivity index (χ0n) is 12.7. The van der Waals surface area contributed by atoms with Gasteiger partial charge in [0.05, 0.1) is 4.88 Å². The number of carbonyl (C=O) groups is 1. The van der Waals surface area contributed by atoms with E-state index in [-0.39, 0.29) is 5.91 Å². The number of carbonyl (C=O) groups excluding carboxylic acids is 1. The maximum atomic E-state index is 12.3. The number of nitrogens with one attached hydrogen (secondary N) is 1. The Bertz CT molecular complexity index is 646. The first-order valence-corrected chi connectivity index (χ1v) is 7.80. The van der Waals surface area contributed by atoms with Crippen LogP contribution in [0, 0.1) is 19.8 Å². The first-order valence-electron chi connectivity index (χ1n) is 6.98. The van der Waals surface area contributed by atoms with Crippen molar-refractivity contribution < 1.29 is 4.79 Å². The van der Waals surface area contributed by atoms with Gasteiger partial charge in [-0.2, -0.15) is 0 Å². The molecule has 2 heterocycles. The summed E-state index contributed by atoms with van der Waals surface area (Å²) < 4.78 is 0. The van der Waals surface area contributed by atoms with Gasteiger partial charge in [-0.05, 0) is 25.3 Å². The first-order chi connectivity index (χ1) is 9.43. The van der Waals surface area contributed by atoms with Crippen LogP contribution in [-0.2, 0) is 6.42 Å². The van der Waals surface area contributed by atoms with Gasteiger partial charge in [0, 0.05) is 24.0 Å². The number of hydrogen-bond donors (Lipinski definition) is 1. The zero-order valence-corrected chi connectivity index (χ0v) is 13.5. The van der Waals surface area contributed by atoms with E-state index in [1.807, 2.05) is 20.8 Å². The third kappa shape index (κ3) is 2.82. The predicted octanol–water partition coefficient (Wildman–Crippen LogP) is 3.26. The number of thiophene rings is 1. The van der Waals surface area contributed by atoms with Gasteiger partial charge in [0.1, 0.15) is 10.7 Å². The molecule has 108 valence electrons. The number of amides is 1. The van der Waals surface area contributed by atoms with Crippen LogP contribution in [0.5, 0.6) is 0 Å². The molecule has 0 aliphatic heterocycles. The lowest BCUT2D eigenvalue weighted by Crippen LogP contribution is -2.27. The maximum absolute atomic E-state index is 12.3. The summed E-state index contributed by atoms with van der Waals surface area (Å²) in [5.41, 5.74) is 1.95. The molecule has 2 aromatic rings. The van der Waals surface area contributed by atoms with Gasteiger partial charge in [-0.25, -0.2) is 9.97 Å². The van der Waals surface area contributed by atoms with Crippen molar-refractivity contribution in [2.75, 3.05) is 6.54 Å². The summed E-state index contributed by atoms with van der Waals surface area (Å²) in [6.45, 7) is 10.9. The molecular formula is C15H21N3OS. The van der Waals surface area contributed by atoms with Gasteiger partial charge in [0.25, 0.3) is 5.91 Å². The Morgan fingerprint density at radius 3 is 2.60 bits per heavy atom. The van der Waals surface area contributed by atoms with Crippen LogP contribution in [0.4, 0.5) is 0 Å². The fourth-order valence-electron chi connectivity index (χ4n) is 2.15. The highest BCUT2D eigenvalue weighted by Crippen LogP contribution is 2.31. The van der Waals surface area contributed by atoms with E-state index in [1.54, 1.807) is 0 Å². The van der Waals surface area contributed by atoms with Crippen LogP contribution in [0.2, 0.25) is 0 Å². The molecule has 0 saturated carbocycles. The van der Waals surface area contributed by atoms with Crippen molar-refractivity contribution in [2.24, 2.45) is 5.92 Å². The molecule has 0 fully saturated rings. The Balaban J connectivity index is 2.43. The normalized spacial score (nSPS) is 11.3. The second kappa shape index (κ2) is 5.87. The summed E-state index contributed by atoms with van der Waals surface area (Å²) in [7, 11) is 0. The second-order valence-electron chi connectivity index (χ2n) is 5.42. The number of aromatic nitrogens is 2. The molecule has 0 radical (unpaired) electrons. The molecule has 0 bridgehead atoms. The van der Waals surface area contributed by atoms with Crippen LogP contribution >= 0.6 is 11.3 Å². The number of fused-ring (bicyclic) bond motifs is 1. The second-order valence-corrected chi connectivity index (χ2v) is 6.42. The minimum absolute atomic E-state index is 0.00310. The highest BCUT2D eigenvalue weighted by Gasteiger charge is 2.18. The third-order valence-corrected chi connectivity index (χ3v) is 4.40. The molecule has 2 rings (SSSR count). The molecule has 4 nitrogen and oxygen atoms in total. The van der Waals surface area contributed by atoms with Gasteiger partial charge in [-0.3, -0.25) is 4.79 Å². The Morgan fingerprint density at radius 2 is 2.00 bits per heavy atom. The predicted molar refractivity (Wildman–Crippen MR) is 83.4 cm³/mol. The lowest BCUT2D eigenvalue weighted by molar-refractivity contribution is 0.0952. The minimum Gasteiger partial charge on any atom is -0.351 e. The van der Waals surface area contributed by atoms with Crippen LogP contribution in [0.25, 0.3) is 10.2 Å². The van der Waals surface area contributed by atoms with Gasteiger partial charge >= 0.3 is 0 Å². The summed E-state index contributed by atoms with van der Waals surface area (Å²) in [5.74, 6) is 1.28. The number of hydrogen-bond acceptors (Lipinski definition) is 4. The largest absolute Gasteiger partial charge is 0.351 e. The molecule has 0 saturated heterocycles. The molecule has 0 aliphatic carbocycles. The van der Waals surface area contributed by atoms with E-state index in [9.17, 15) is 4.79 Å². The molecule has 2 aromatic heterocycles. The van der Waals surface area contributed by atoms with Crippen molar-refractivity contribution in [1.29, 1.82) is 0 Å². The Labute approximate surface area is 123 Å². The fourth-order valence-corrected chi connectivity index (χ4v) is 3.31. The average Bonchev–Trinajstić information content (AvgIpc) is 2.73. The summed E-state index contributed by atoms with van der Waals surface area (Å²) in [6.07, 6.45) is 0.808. The Hall–Kier alpha value is -1.49. The summed E-state index contributed by atoms with van der Waals surface area (Å²) >= 11 is 1.46. The summed E-state index contributed by atoms with van der Waals surface area (Å²) in [4.78, 5) is 23.0. The molecular weight excluding hydrogens is 270 g/mol. The van der Waals surface area contributed by atoms with Crippen molar-refractivity contribution >= 4 is 27.5 Å². The lowest BCUT2D eigenvalue weighted by Gasteiger charge is -2.06. The van der Waals surface area contributed by atoms with Crippen LogP contribution in [0.1, 0.15) is 47.5 Å². The first kappa shape index (κ1) is 14.9. The average molecular weight is 291 g/mol. The van der Waals surface area contributed by atoms with E-state index in [0.717, 1.165) is 38.6 Å². The Kier molecular flexibility index (Phi) is 4.38. The van der Waals surface area contributed by atoms with E-state index >= 15 is 0 Å². The molecule has 5 heteroatoms. The van der Waals surface area contributed by atoms with E-state index in [2.05, 4.69) is 29.1 Å². The van der Waals surface area contributed by atoms with Crippen molar-refractivity contribution in [1.82, 2.24) is 15.3 Å². The monoisotopic (exact) mass is 291 g/mol. The van der Waals surface area contributed by atoms with E-state index in [1.165, 1.54) is 11.3 Å². The number of nitrogens with zero attached hydrogens (tertiary/aromatic N) is 2. The summed E-state index contributed by atoms with van der Waals surface area (Å²) in [5, 5.41) is 4.00. The van der Waals surface area contributed by atoms with Gasteiger partial charge < -0.3 is 5.32 Å². The van der Waals surface area contributed by atoms with Crippen LogP contribution in [-0.4, -0.2) is 22.4 Å². The smallest absolute Gasteiger partial charge is 0.261 e. The van der Waals surface area contributed by atoms with Gasteiger partial charge in [-0.1, -0.05) is 20.8 Å². The van der Waals surface area contributed by atoms with Crippen LogP contribution in [0.3, 0.4) is 0 Å². The third-order valence-electron chi connectivity index (χ3n) is 3.21. The topological polar surface area (TPSA) is 54.9 Å². The quantitative estimate of drug-likeness (QED) is 0.940. The van der Waals surface area contributed by atoms with Crippen molar-refractivity contribution in [3.05, 3.63) is 22.0 Å². The molecule has 1 N–H and O–H groups in total. The standard InChI is InChI=1S/C15H21N3OS/c1-6-11-17-10(5)12-9(4)13(20-15(12)18-11)14(19)16-7-8(2)3/h8H,6-7H2,1-5H3,(H,16,19). The molecule has 0 atom stereocenters. The van der Waals surface area contributed by atoms with Gasteiger partial charge in [-0.15, -0.1) is 11.3 Å². The number of rotatable bonds is 4. The number of aryl methyl sites for hydroxylation is 3. The lowest BCUT2D eigenvalue weighted by atomic mass is 10.1. The van der Waals surface area contributed by atoms with Crippen LogP contribution < -0.4 is 5.32 Å². The van der Waals surface area contributed by atoms with E-state index in [0.29, 0.717) is 12.5 Å². The van der Waals surface area contributed by atoms with E-state index < -0.39 is 0 Å². The molecule has 0 unspecified atom stereocenters. The molecule has 20 heavy (non-hydrogen) atoms. The van der Waals surface area contributed by atoms with E-state index in [4.69, 9.17) is 0 Å². The maximum Gasteiger partial charge on any atom is 0.261 e. The fraction of sp³-hybridized carbons (Fsp3) is 0.533. The summed E-state index contributed by atoms with van der Waals surface area (Å²) in [6, 6.07) is 0. The molecule has 1 amide bonds. The van der Waals surface area contributed by atoms with Gasteiger partial charge in [0.15, 0.2) is 0 Å². The van der Waals surface area contributed by atoms with Gasteiger partial charge in [0.2, 0.25) is 0 Å². The Morgan fingerprint density at radius 1 is 1.30 bits per heavy atom. The SMILES string of the molecule is CCc1nc(C)c2c(C)c(C(=O)NCC(C)C)sc2n1.